The van der Waals surface area contributed by atoms with Crippen LogP contribution in [0.4, 0.5) is 0 Å². The Morgan fingerprint density at radius 3 is 0.750 bits per heavy atom. The molecule has 0 bridgehead atoms. The molecule has 0 saturated carbocycles. The molecular formula is C24H46N2O14S4. The summed E-state index contributed by atoms with van der Waals surface area (Å²) in [5.41, 5.74) is 0. The number of hydrogen-bond donors (Lipinski definition) is 2. The Balaban J connectivity index is 0. The van der Waals surface area contributed by atoms with E-state index >= 15 is 0 Å². The van der Waals surface area contributed by atoms with Crippen molar-refractivity contribution < 1.29 is 63.1 Å². The number of carbonyl (C=O) groups excluding carboxylic acids is 2. The van der Waals surface area contributed by atoms with Crippen LogP contribution in [0, 0.1) is 0 Å². The minimum Gasteiger partial charge on any atom is -0.480 e. The number of amides is 2. The van der Waals surface area contributed by atoms with Gasteiger partial charge in [-0.1, -0.05) is 0 Å². The smallest absolute Gasteiger partial charge is 0.321 e. The second kappa shape index (κ2) is 18.0. The second-order valence-corrected chi connectivity index (χ2v) is 20.1. The van der Waals surface area contributed by atoms with Crippen molar-refractivity contribution in [2.45, 2.75) is 74.4 Å². The number of aliphatic carboxylic acids is 2. The van der Waals surface area contributed by atoms with Crippen LogP contribution in [-0.4, -0.2) is 150 Å². The summed E-state index contributed by atoms with van der Waals surface area (Å²) in [6, 6.07) is 0. The lowest BCUT2D eigenvalue weighted by Gasteiger charge is -2.18. The van der Waals surface area contributed by atoms with Crippen LogP contribution in [0.25, 0.3) is 0 Å². The zero-order valence-corrected chi connectivity index (χ0v) is 29.6. The molecule has 2 amide bonds. The van der Waals surface area contributed by atoms with Crippen molar-refractivity contribution in [1.82, 2.24) is 9.80 Å². The van der Waals surface area contributed by atoms with Crippen LogP contribution in [0.5, 0.6) is 0 Å². The van der Waals surface area contributed by atoms with Crippen LogP contribution in [0.2, 0.25) is 0 Å². The Morgan fingerprint density at radius 2 is 0.636 bits per heavy atom. The van der Waals surface area contributed by atoms with Crippen LogP contribution in [0.1, 0.15) is 53.4 Å². The van der Waals surface area contributed by atoms with Crippen molar-refractivity contribution in [3.8, 4) is 0 Å². The van der Waals surface area contributed by atoms with E-state index in [4.69, 9.17) is 10.2 Å². The zero-order chi connectivity index (χ0) is 35.4. The minimum atomic E-state index is -3.40. The first-order valence-corrected chi connectivity index (χ1v) is 21.2. The first-order chi connectivity index (χ1) is 19.6. The van der Waals surface area contributed by atoms with Crippen LogP contribution in [0.3, 0.4) is 0 Å². The Hall–Kier alpha value is -2.32. The average molecular weight is 715 g/mol. The second-order valence-electron chi connectivity index (χ2n) is 10.6. The Bertz CT molecular complexity index is 1320. The predicted octanol–water partition coefficient (Wildman–Crippen LogP) is -0.908. The Kier molecular flexibility index (Phi) is 17.9. The molecule has 2 fully saturated rings. The van der Waals surface area contributed by atoms with Gasteiger partial charge in [0.15, 0.2) is 49.8 Å². The standard InChI is InChI=1S/2C8H15NO3S.2C4H8O4S/c2*1-7(13(2,11)12)8(10)9-5-3-4-6-9;2*1-3(4(5)6)9(2,7)8/h2*7H,3-6H2,1-2H3;2*3H,1-2H3,(H,5,6)/t2*7-;2*3-/m1010/s1. The number of rotatable bonds is 8. The lowest BCUT2D eigenvalue weighted by molar-refractivity contribution is -0.137. The Labute approximate surface area is 260 Å². The van der Waals surface area contributed by atoms with Gasteiger partial charge in [0.2, 0.25) is 11.8 Å². The van der Waals surface area contributed by atoms with E-state index in [0.717, 1.165) is 64.6 Å². The maximum absolute atomic E-state index is 11.5. The molecule has 0 aromatic rings. The van der Waals surface area contributed by atoms with E-state index in [1.807, 2.05) is 0 Å². The molecular weight excluding hydrogens is 669 g/mol. The number of carbonyl (C=O) groups is 4. The first kappa shape index (κ1) is 43.8. The van der Waals surface area contributed by atoms with Gasteiger partial charge in [0, 0.05) is 51.2 Å². The zero-order valence-electron chi connectivity index (χ0n) is 26.3. The third-order valence-corrected chi connectivity index (χ3v) is 12.7. The monoisotopic (exact) mass is 714 g/mol. The molecule has 0 aromatic heterocycles. The summed E-state index contributed by atoms with van der Waals surface area (Å²) in [5.74, 6) is -3.12. The number of nitrogens with zero attached hydrogens (tertiary/aromatic N) is 2. The van der Waals surface area contributed by atoms with Gasteiger partial charge in [0.1, 0.15) is 10.5 Å². The molecule has 260 valence electrons. The normalized spacial score (nSPS) is 18.1. The molecule has 2 aliphatic rings. The molecule has 0 radical (unpaired) electrons. The summed E-state index contributed by atoms with van der Waals surface area (Å²) >= 11 is 0. The summed E-state index contributed by atoms with van der Waals surface area (Å²) < 4.78 is 85.9. The molecule has 44 heavy (non-hydrogen) atoms. The van der Waals surface area contributed by atoms with Crippen molar-refractivity contribution in [1.29, 1.82) is 0 Å². The van der Waals surface area contributed by atoms with Crippen molar-refractivity contribution in [3.05, 3.63) is 0 Å². The van der Waals surface area contributed by atoms with E-state index < -0.39 is 72.3 Å². The highest BCUT2D eigenvalue weighted by Gasteiger charge is 2.30. The van der Waals surface area contributed by atoms with Gasteiger partial charge >= 0.3 is 11.9 Å². The molecule has 0 aliphatic carbocycles. The molecule has 2 saturated heterocycles. The predicted molar refractivity (Wildman–Crippen MR) is 164 cm³/mol. The lowest BCUT2D eigenvalue weighted by Crippen LogP contribution is -2.39. The number of sulfone groups is 4. The van der Waals surface area contributed by atoms with Crippen LogP contribution < -0.4 is 0 Å². The maximum atomic E-state index is 11.5. The van der Waals surface area contributed by atoms with Crippen molar-refractivity contribution >= 4 is 63.1 Å². The molecule has 2 N–H and O–H groups in total. The van der Waals surface area contributed by atoms with Gasteiger partial charge in [-0.15, -0.1) is 0 Å². The highest BCUT2D eigenvalue weighted by atomic mass is 32.2. The van der Waals surface area contributed by atoms with Crippen LogP contribution in [0.15, 0.2) is 0 Å². The molecule has 4 atom stereocenters. The SMILES string of the molecule is C[C@@H](C(=O)N1CCCC1)S(C)(=O)=O.C[C@@H](C(=O)O)S(C)(=O)=O.C[C@H](C(=O)N1CCCC1)S(C)(=O)=O.C[C@H](C(=O)O)S(C)(=O)=O. The van der Waals surface area contributed by atoms with Gasteiger partial charge in [-0.2, -0.15) is 0 Å². The highest BCUT2D eigenvalue weighted by molar-refractivity contribution is 7.92. The lowest BCUT2D eigenvalue weighted by atomic mass is 10.4. The summed E-state index contributed by atoms with van der Waals surface area (Å²) in [6.07, 6.45) is 7.95. The number of carboxylic acid groups (broad SMARTS) is 2. The molecule has 16 nitrogen and oxygen atoms in total. The fraction of sp³-hybridized carbons (Fsp3) is 0.833. The van der Waals surface area contributed by atoms with E-state index in [2.05, 4.69) is 0 Å². The van der Waals surface area contributed by atoms with E-state index in [1.165, 1.54) is 13.8 Å². The number of carboxylic acids is 2. The van der Waals surface area contributed by atoms with Crippen molar-refractivity contribution in [2.75, 3.05) is 51.2 Å². The van der Waals surface area contributed by atoms with E-state index in [9.17, 15) is 52.8 Å². The van der Waals surface area contributed by atoms with Gasteiger partial charge in [-0.25, -0.2) is 33.7 Å². The summed E-state index contributed by atoms with van der Waals surface area (Å²) in [4.78, 5) is 46.3. The molecule has 0 unspecified atom stereocenters. The van der Waals surface area contributed by atoms with E-state index in [0.29, 0.717) is 26.2 Å². The highest BCUT2D eigenvalue weighted by Crippen LogP contribution is 2.13. The molecule has 0 spiro atoms. The minimum absolute atomic E-state index is 0.250. The largest absolute Gasteiger partial charge is 0.480 e. The van der Waals surface area contributed by atoms with Gasteiger partial charge in [0.25, 0.3) is 0 Å². The number of likely N-dealkylation sites (tertiary alicyclic amines) is 2. The van der Waals surface area contributed by atoms with Crippen LogP contribution >= 0.6 is 0 Å². The molecule has 2 rings (SSSR count). The molecule has 20 heteroatoms. The molecule has 0 aromatic carbocycles. The maximum Gasteiger partial charge on any atom is 0.321 e. The van der Waals surface area contributed by atoms with Gasteiger partial charge in [-0.3, -0.25) is 19.2 Å². The summed E-state index contributed by atoms with van der Waals surface area (Å²) in [7, 11) is -13.3. The summed E-state index contributed by atoms with van der Waals surface area (Å²) in [5, 5.41) is 11.9. The average Bonchev–Trinajstić information content (AvgIpc) is 3.59. The quantitative estimate of drug-likeness (QED) is 0.309. The van der Waals surface area contributed by atoms with Crippen molar-refractivity contribution in [3.63, 3.8) is 0 Å². The number of hydrogen-bond acceptors (Lipinski definition) is 12. The molecule has 2 aliphatic heterocycles. The van der Waals surface area contributed by atoms with Crippen LogP contribution in [-0.2, 0) is 58.5 Å². The molecule has 2 heterocycles. The van der Waals surface area contributed by atoms with E-state index in [-0.39, 0.29) is 11.8 Å². The van der Waals surface area contributed by atoms with Gasteiger partial charge in [-0.05, 0) is 53.4 Å². The fourth-order valence-corrected chi connectivity index (χ4v) is 4.89. The Morgan fingerprint density at radius 1 is 0.455 bits per heavy atom. The van der Waals surface area contributed by atoms with Gasteiger partial charge < -0.3 is 20.0 Å². The van der Waals surface area contributed by atoms with E-state index in [1.54, 1.807) is 9.80 Å². The fourth-order valence-electron chi connectivity index (χ4n) is 3.12. The topological polar surface area (TPSA) is 252 Å². The first-order valence-electron chi connectivity index (χ1n) is 13.3. The third-order valence-electron chi connectivity index (χ3n) is 6.80. The third kappa shape index (κ3) is 16.7. The van der Waals surface area contributed by atoms with Gasteiger partial charge in [0.05, 0.1) is 0 Å². The van der Waals surface area contributed by atoms with Crippen molar-refractivity contribution in [2.24, 2.45) is 0 Å². The summed E-state index contributed by atoms with van der Waals surface area (Å²) in [6.45, 7) is 8.01.